The molecule has 0 aromatic heterocycles. The van der Waals surface area contributed by atoms with Gasteiger partial charge in [-0.05, 0) is 30.9 Å². The summed E-state index contributed by atoms with van der Waals surface area (Å²) >= 11 is 6.27. The minimum absolute atomic E-state index is 0.307. The number of nitrogens with zero attached hydrogens (tertiary/aromatic N) is 1. The molecule has 0 amide bonds. The number of hydrogen-bond acceptors (Lipinski definition) is 2. The van der Waals surface area contributed by atoms with Gasteiger partial charge in [-0.1, -0.05) is 29.8 Å². The molecule has 1 aliphatic heterocycles. The first-order chi connectivity index (χ1) is 7.75. The molecule has 1 aromatic carbocycles. The Balaban J connectivity index is 1.90. The van der Waals surface area contributed by atoms with Crippen molar-refractivity contribution in [3.8, 4) is 0 Å². The van der Waals surface area contributed by atoms with Crippen LogP contribution in [0.1, 0.15) is 30.9 Å². The second-order valence-corrected chi connectivity index (χ2v) is 5.37. The van der Waals surface area contributed by atoms with E-state index in [4.69, 9.17) is 17.3 Å². The van der Waals surface area contributed by atoms with Crippen molar-refractivity contribution in [2.75, 3.05) is 6.54 Å². The quantitative estimate of drug-likeness (QED) is 0.855. The molecule has 2 nitrogen and oxygen atoms in total. The Kier molecular flexibility index (Phi) is 2.66. The van der Waals surface area contributed by atoms with Crippen molar-refractivity contribution in [3.63, 3.8) is 0 Å². The van der Waals surface area contributed by atoms with Crippen molar-refractivity contribution in [1.29, 1.82) is 0 Å². The lowest BCUT2D eigenvalue weighted by Gasteiger charge is -2.25. The molecule has 3 heteroatoms. The molecule has 0 radical (unpaired) electrons. The van der Waals surface area contributed by atoms with Gasteiger partial charge in [0.2, 0.25) is 0 Å². The molecule has 1 saturated heterocycles. The Morgan fingerprint density at radius 2 is 2.00 bits per heavy atom. The van der Waals surface area contributed by atoms with Gasteiger partial charge in [0.25, 0.3) is 0 Å². The first-order valence-corrected chi connectivity index (χ1v) is 6.39. The molecule has 0 spiro atoms. The van der Waals surface area contributed by atoms with Crippen LogP contribution in [-0.4, -0.2) is 23.5 Å². The van der Waals surface area contributed by atoms with E-state index < -0.39 is 0 Å². The van der Waals surface area contributed by atoms with Crippen molar-refractivity contribution < 1.29 is 0 Å². The molecule has 16 heavy (non-hydrogen) atoms. The van der Waals surface area contributed by atoms with Crippen molar-refractivity contribution >= 4 is 11.6 Å². The SMILES string of the molecule is NC1CC(c2ccccc2Cl)N(C2CC2)C1. The van der Waals surface area contributed by atoms with Crippen LogP contribution >= 0.6 is 11.6 Å². The highest BCUT2D eigenvalue weighted by Gasteiger charge is 2.40. The van der Waals surface area contributed by atoms with Gasteiger partial charge in [-0.3, -0.25) is 4.90 Å². The number of rotatable bonds is 2. The molecular formula is C13H17ClN2. The largest absolute Gasteiger partial charge is 0.326 e. The fraction of sp³-hybridized carbons (Fsp3) is 0.538. The van der Waals surface area contributed by atoms with Crippen LogP contribution in [0.4, 0.5) is 0 Å². The average Bonchev–Trinajstić information content (AvgIpc) is 3.03. The zero-order valence-corrected chi connectivity index (χ0v) is 10.0. The van der Waals surface area contributed by atoms with Crippen LogP contribution in [-0.2, 0) is 0 Å². The van der Waals surface area contributed by atoms with Crippen molar-refractivity contribution in [2.45, 2.75) is 37.4 Å². The molecule has 1 saturated carbocycles. The molecule has 2 atom stereocenters. The van der Waals surface area contributed by atoms with Gasteiger partial charge in [0, 0.05) is 29.7 Å². The monoisotopic (exact) mass is 236 g/mol. The summed E-state index contributed by atoms with van der Waals surface area (Å²) in [6, 6.07) is 9.68. The molecule has 1 aliphatic carbocycles. The minimum Gasteiger partial charge on any atom is -0.326 e. The Hall–Kier alpha value is -0.570. The summed E-state index contributed by atoms with van der Waals surface area (Å²) in [6.45, 7) is 1.03. The van der Waals surface area contributed by atoms with E-state index in [9.17, 15) is 0 Å². The standard InChI is InChI=1S/C13H17ClN2/c14-12-4-2-1-3-11(12)13-7-9(15)8-16(13)10-5-6-10/h1-4,9-10,13H,5-8,15H2. The van der Waals surface area contributed by atoms with E-state index >= 15 is 0 Å². The maximum Gasteiger partial charge on any atom is 0.0453 e. The highest BCUT2D eigenvalue weighted by molar-refractivity contribution is 6.31. The number of benzene rings is 1. The van der Waals surface area contributed by atoms with E-state index in [1.807, 2.05) is 12.1 Å². The van der Waals surface area contributed by atoms with Gasteiger partial charge in [-0.15, -0.1) is 0 Å². The molecule has 3 rings (SSSR count). The van der Waals surface area contributed by atoms with Gasteiger partial charge in [-0.2, -0.15) is 0 Å². The third kappa shape index (κ3) is 1.86. The van der Waals surface area contributed by atoms with Crippen LogP contribution in [0, 0.1) is 0 Å². The van der Waals surface area contributed by atoms with E-state index in [0.717, 1.165) is 24.0 Å². The number of nitrogens with two attached hydrogens (primary N) is 1. The van der Waals surface area contributed by atoms with Crippen LogP contribution in [0.2, 0.25) is 5.02 Å². The number of halogens is 1. The van der Waals surface area contributed by atoms with E-state index in [2.05, 4.69) is 17.0 Å². The van der Waals surface area contributed by atoms with Crippen LogP contribution in [0.25, 0.3) is 0 Å². The summed E-state index contributed by atoms with van der Waals surface area (Å²) in [6.07, 6.45) is 3.70. The summed E-state index contributed by atoms with van der Waals surface area (Å²) < 4.78 is 0. The Bertz CT molecular complexity index is 389. The summed E-state index contributed by atoms with van der Waals surface area (Å²) in [7, 11) is 0. The Morgan fingerprint density at radius 1 is 1.25 bits per heavy atom. The second kappa shape index (κ2) is 4.02. The molecule has 86 valence electrons. The van der Waals surface area contributed by atoms with Crippen LogP contribution in [0.3, 0.4) is 0 Å². The maximum absolute atomic E-state index is 6.27. The van der Waals surface area contributed by atoms with Crippen LogP contribution in [0.15, 0.2) is 24.3 Å². The van der Waals surface area contributed by atoms with Crippen molar-refractivity contribution in [1.82, 2.24) is 4.90 Å². The smallest absolute Gasteiger partial charge is 0.0453 e. The summed E-state index contributed by atoms with van der Waals surface area (Å²) in [4.78, 5) is 2.55. The molecule has 1 heterocycles. The Labute approximate surface area is 101 Å². The summed E-state index contributed by atoms with van der Waals surface area (Å²) in [5, 5.41) is 0.882. The van der Waals surface area contributed by atoms with Gasteiger partial charge in [-0.25, -0.2) is 0 Å². The average molecular weight is 237 g/mol. The van der Waals surface area contributed by atoms with Gasteiger partial charge in [0.15, 0.2) is 0 Å². The highest BCUT2D eigenvalue weighted by Crippen LogP contribution is 2.42. The van der Waals surface area contributed by atoms with Crippen LogP contribution < -0.4 is 5.73 Å². The van der Waals surface area contributed by atoms with E-state index in [1.54, 1.807) is 0 Å². The molecule has 2 aliphatic rings. The van der Waals surface area contributed by atoms with Gasteiger partial charge in [0.1, 0.15) is 0 Å². The zero-order valence-electron chi connectivity index (χ0n) is 9.27. The molecule has 2 unspecified atom stereocenters. The van der Waals surface area contributed by atoms with Gasteiger partial charge >= 0.3 is 0 Å². The van der Waals surface area contributed by atoms with Crippen molar-refractivity contribution in [3.05, 3.63) is 34.9 Å². The topological polar surface area (TPSA) is 29.3 Å². The highest BCUT2D eigenvalue weighted by atomic mass is 35.5. The fourth-order valence-corrected chi connectivity index (χ4v) is 3.02. The molecule has 1 aromatic rings. The predicted molar refractivity (Wildman–Crippen MR) is 66.5 cm³/mol. The lowest BCUT2D eigenvalue weighted by Crippen LogP contribution is -2.29. The first-order valence-electron chi connectivity index (χ1n) is 6.01. The van der Waals surface area contributed by atoms with Gasteiger partial charge in [0.05, 0.1) is 0 Å². The van der Waals surface area contributed by atoms with Crippen molar-refractivity contribution in [2.24, 2.45) is 5.73 Å². The number of hydrogen-bond donors (Lipinski definition) is 1. The lowest BCUT2D eigenvalue weighted by molar-refractivity contribution is 0.245. The zero-order chi connectivity index (χ0) is 11.1. The first kappa shape index (κ1) is 10.6. The lowest BCUT2D eigenvalue weighted by atomic mass is 10.0. The second-order valence-electron chi connectivity index (χ2n) is 4.96. The molecule has 2 fully saturated rings. The normalized spacial score (nSPS) is 30.9. The third-order valence-electron chi connectivity index (χ3n) is 3.65. The fourth-order valence-electron chi connectivity index (χ4n) is 2.76. The Morgan fingerprint density at radius 3 is 2.69 bits per heavy atom. The predicted octanol–water partition coefficient (Wildman–Crippen LogP) is 2.58. The summed E-state index contributed by atoms with van der Waals surface area (Å²) in [5.74, 6) is 0. The van der Waals surface area contributed by atoms with E-state index in [0.29, 0.717) is 12.1 Å². The minimum atomic E-state index is 0.307. The summed E-state index contributed by atoms with van der Waals surface area (Å²) in [5.41, 5.74) is 7.34. The molecular weight excluding hydrogens is 220 g/mol. The third-order valence-corrected chi connectivity index (χ3v) is 4.00. The molecule has 0 bridgehead atoms. The van der Waals surface area contributed by atoms with E-state index in [1.165, 1.54) is 18.4 Å². The maximum atomic E-state index is 6.27. The number of likely N-dealkylation sites (tertiary alicyclic amines) is 1. The molecule has 2 N–H and O–H groups in total. The van der Waals surface area contributed by atoms with Gasteiger partial charge < -0.3 is 5.73 Å². The van der Waals surface area contributed by atoms with Crippen LogP contribution in [0.5, 0.6) is 0 Å². The van der Waals surface area contributed by atoms with E-state index in [-0.39, 0.29) is 0 Å².